The minimum absolute atomic E-state index is 0.172. The Morgan fingerprint density at radius 1 is 0.889 bits per heavy atom. The summed E-state index contributed by atoms with van der Waals surface area (Å²) < 4.78 is 10.4. The van der Waals surface area contributed by atoms with Gasteiger partial charge in [0.1, 0.15) is 17.2 Å². The summed E-state index contributed by atoms with van der Waals surface area (Å²) in [5.74, 6) is 0.923. The van der Waals surface area contributed by atoms with Crippen LogP contribution in [0.5, 0.6) is 11.5 Å². The van der Waals surface area contributed by atoms with Crippen LogP contribution in [0, 0.1) is 0 Å². The normalized spacial score (nSPS) is 14.0. The standard InChI is InChI=1S/C27H22N4O4S/c1-34-19-9-5-16(6-10-19)14-28-25(32)18-7-3-17(4-8-18)15-31-26(33)24-23(30-27(31)36)21-13-20(35-2)11-12-22(21)29-24/h3-13H,14-15H2,1-2H3,(H,28,32). The number of carbonyl (C=O) groups is 2. The molecule has 0 atom stereocenters. The molecule has 2 heterocycles. The number of carbonyl (C=O) groups excluding carboxylic acids is 2. The van der Waals surface area contributed by atoms with Crippen molar-refractivity contribution in [2.75, 3.05) is 14.2 Å². The van der Waals surface area contributed by atoms with Crippen LogP contribution >= 0.6 is 12.2 Å². The van der Waals surface area contributed by atoms with Gasteiger partial charge in [-0.1, -0.05) is 24.3 Å². The molecule has 2 aliphatic rings. The highest BCUT2D eigenvalue weighted by Crippen LogP contribution is 2.33. The van der Waals surface area contributed by atoms with Crippen LogP contribution in [0.25, 0.3) is 0 Å². The van der Waals surface area contributed by atoms with E-state index >= 15 is 0 Å². The topological polar surface area (TPSA) is 92.6 Å². The minimum atomic E-state index is -0.304. The van der Waals surface area contributed by atoms with Gasteiger partial charge in [0.05, 0.1) is 26.5 Å². The zero-order valence-electron chi connectivity index (χ0n) is 19.6. The molecule has 0 saturated heterocycles. The van der Waals surface area contributed by atoms with Gasteiger partial charge >= 0.3 is 0 Å². The predicted molar refractivity (Wildman–Crippen MR) is 140 cm³/mol. The highest BCUT2D eigenvalue weighted by atomic mass is 32.1. The molecule has 36 heavy (non-hydrogen) atoms. The molecule has 1 N–H and O–H groups in total. The monoisotopic (exact) mass is 498 g/mol. The van der Waals surface area contributed by atoms with Crippen molar-refractivity contribution >= 4 is 46.3 Å². The zero-order chi connectivity index (χ0) is 25.2. The van der Waals surface area contributed by atoms with E-state index in [0.29, 0.717) is 29.3 Å². The van der Waals surface area contributed by atoms with E-state index in [9.17, 15) is 9.59 Å². The number of hydrogen-bond donors (Lipinski definition) is 1. The lowest BCUT2D eigenvalue weighted by molar-refractivity contribution is -0.120. The first-order chi connectivity index (χ1) is 17.5. The van der Waals surface area contributed by atoms with Gasteiger partial charge in [0.25, 0.3) is 11.8 Å². The second-order valence-corrected chi connectivity index (χ2v) is 8.57. The summed E-state index contributed by atoms with van der Waals surface area (Å²) in [6, 6.07) is 19.9. The molecule has 3 aromatic carbocycles. The van der Waals surface area contributed by atoms with Crippen molar-refractivity contribution in [2.24, 2.45) is 9.98 Å². The molecular weight excluding hydrogens is 476 g/mol. The summed E-state index contributed by atoms with van der Waals surface area (Å²) >= 11 is 5.44. The maximum atomic E-state index is 13.2. The summed E-state index contributed by atoms with van der Waals surface area (Å²) in [5, 5.41) is 3.07. The quantitative estimate of drug-likeness (QED) is 0.500. The summed E-state index contributed by atoms with van der Waals surface area (Å²) in [6.07, 6.45) is 0. The second-order valence-electron chi connectivity index (χ2n) is 8.21. The smallest absolute Gasteiger partial charge is 0.281 e. The maximum absolute atomic E-state index is 13.2. The van der Waals surface area contributed by atoms with E-state index in [4.69, 9.17) is 21.7 Å². The fraction of sp³-hybridized carbons (Fsp3) is 0.148. The Bertz CT molecular complexity index is 1430. The molecule has 3 aromatic rings. The Morgan fingerprint density at radius 3 is 2.25 bits per heavy atom. The van der Waals surface area contributed by atoms with E-state index in [1.807, 2.05) is 24.3 Å². The predicted octanol–water partition coefficient (Wildman–Crippen LogP) is 3.84. The molecule has 2 amide bonds. The lowest BCUT2D eigenvalue weighted by Gasteiger charge is -2.25. The molecule has 0 saturated carbocycles. The molecular formula is C27H22N4O4S. The van der Waals surface area contributed by atoms with Gasteiger partial charge in [-0.15, -0.1) is 0 Å². The number of nitrogens with one attached hydrogen (secondary N) is 1. The van der Waals surface area contributed by atoms with Crippen LogP contribution < -0.4 is 14.8 Å². The molecule has 0 fully saturated rings. The number of methoxy groups -OCH3 is 2. The van der Waals surface area contributed by atoms with Gasteiger partial charge < -0.3 is 14.8 Å². The van der Waals surface area contributed by atoms with Crippen molar-refractivity contribution in [3.8, 4) is 11.5 Å². The molecule has 8 nitrogen and oxygen atoms in total. The molecule has 0 bridgehead atoms. The first kappa shape index (κ1) is 23.4. The molecule has 9 heteroatoms. The Hall–Kier alpha value is -4.37. The number of nitrogens with zero attached hydrogens (tertiary/aromatic N) is 3. The SMILES string of the molecule is COc1ccc(CNC(=O)c2ccc(CN3C(=O)C4=Nc5ccc(OC)cc5C4=NC3=S)cc2)cc1. The zero-order valence-corrected chi connectivity index (χ0v) is 20.5. The maximum Gasteiger partial charge on any atom is 0.281 e. The summed E-state index contributed by atoms with van der Waals surface area (Å²) in [5.41, 5.74) is 4.42. The van der Waals surface area contributed by atoms with Gasteiger partial charge in [-0.25, -0.2) is 9.98 Å². The number of amides is 2. The Morgan fingerprint density at radius 2 is 1.56 bits per heavy atom. The van der Waals surface area contributed by atoms with Crippen molar-refractivity contribution in [3.05, 3.63) is 89.0 Å². The van der Waals surface area contributed by atoms with E-state index in [1.165, 1.54) is 4.90 Å². The molecule has 0 unspecified atom stereocenters. The Balaban J connectivity index is 1.25. The van der Waals surface area contributed by atoms with Crippen LogP contribution in [0.2, 0.25) is 0 Å². The van der Waals surface area contributed by atoms with Crippen LogP contribution in [0.15, 0.2) is 76.7 Å². The summed E-state index contributed by atoms with van der Waals surface area (Å²) in [4.78, 5) is 36.1. The molecule has 2 aliphatic heterocycles. The van der Waals surface area contributed by atoms with E-state index in [-0.39, 0.29) is 29.2 Å². The largest absolute Gasteiger partial charge is 0.497 e. The van der Waals surface area contributed by atoms with Crippen LogP contribution in [-0.2, 0) is 17.9 Å². The van der Waals surface area contributed by atoms with Gasteiger partial charge in [-0.3, -0.25) is 14.5 Å². The Kier molecular flexibility index (Phi) is 6.30. The molecule has 0 aromatic heterocycles. The van der Waals surface area contributed by atoms with E-state index in [2.05, 4.69) is 15.3 Å². The fourth-order valence-corrected chi connectivity index (χ4v) is 4.21. The van der Waals surface area contributed by atoms with Crippen LogP contribution in [0.4, 0.5) is 5.69 Å². The number of hydrogen-bond acceptors (Lipinski definition) is 6. The van der Waals surface area contributed by atoms with Gasteiger partial charge in [-0.2, -0.15) is 0 Å². The van der Waals surface area contributed by atoms with Crippen molar-refractivity contribution < 1.29 is 19.1 Å². The number of thiocarbonyl (C=S) groups is 1. The molecule has 0 aliphatic carbocycles. The van der Waals surface area contributed by atoms with Gasteiger partial charge in [0.15, 0.2) is 5.71 Å². The third-order valence-corrected chi connectivity index (χ3v) is 6.28. The van der Waals surface area contributed by atoms with Crippen LogP contribution in [-0.4, -0.2) is 47.5 Å². The first-order valence-electron chi connectivity index (χ1n) is 11.2. The lowest BCUT2D eigenvalue weighted by Crippen LogP contribution is -2.45. The molecule has 0 radical (unpaired) electrons. The number of aliphatic imine (C=N–C) groups is 2. The fourth-order valence-electron chi connectivity index (χ4n) is 3.97. The average molecular weight is 499 g/mol. The highest BCUT2D eigenvalue weighted by molar-refractivity contribution is 7.80. The molecule has 180 valence electrons. The minimum Gasteiger partial charge on any atom is -0.497 e. The summed E-state index contributed by atoms with van der Waals surface area (Å²) in [6.45, 7) is 0.624. The van der Waals surface area contributed by atoms with Crippen LogP contribution in [0.3, 0.4) is 0 Å². The highest BCUT2D eigenvalue weighted by Gasteiger charge is 2.37. The summed E-state index contributed by atoms with van der Waals surface area (Å²) in [7, 11) is 3.19. The lowest BCUT2D eigenvalue weighted by atomic mass is 10.0. The number of fused-ring (bicyclic) bond motifs is 3. The van der Waals surface area contributed by atoms with E-state index in [0.717, 1.165) is 22.4 Å². The van der Waals surface area contributed by atoms with Crippen molar-refractivity contribution in [1.29, 1.82) is 0 Å². The Labute approximate surface area is 213 Å². The third-order valence-electron chi connectivity index (χ3n) is 5.97. The van der Waals surface area contributed by atoms with Crippen molar-refractivity contribution in [2.45, 2.75) is 13.1 Å². The van der Waals surface area contributed by atoms with E-state index in [1.54, 1.807) is 56.7 Å². The molecule has 5 rings (SSSR count). The molecule has 0 spiro atoms. The van der Waals surface area contributed by atoms with Gasteiger partial charge in [0, 0.05) is 17.7 Å². The number of rotatable bonds is 7. The van der Waals surface area contributed by atoms with Crippen molar-refractivity contribution in [3.63, 3.8) is 0 Å². The number of ether oxygens (including phenoxy) is 2. The van der Waals surface area contributed by atoms with Crippen LogP contribution in [0.1, 0.15) is 27.0 Å². The third kappa shape index (κ3) is 4.48. The van der Waals surface area contributed by atoms with Gasteiger partial charge in [-0.05, 0) is 65.8 Å². The van der Waals surface area contributed by atoms with E-state index < -0.39 is 0 Å². The van der Waals surface area contributed by atoms with Crippen molar-refractivity contribution in [1.82, 2.24) is 10.2 Å². The second kappa shape index (κ2) is 9.71. The van der Waals surface area contributed by atoms with Gasteiger partial charge in [0.2, 0.25) is 5.11 Å². The number of benzene rings is 3. The average Bonchev–Trinajstić information content (AvgIpc) is 3.28. The first-order valence-corrected chi connectivity index (χ1v) is 11.6.